The molecule has 2 rings (SSSR count). The van der Waals surface area contributed by atoms with E-state index < -0.39 is 0 Å². The number of nitrogens with zero attached hydrogens (tertiary/aromatic N) is 2. The van der Waals surface area contributed by atoms with Crippen molar-refractivity contribution in [3.8, 4) is 0 Å². The first kappa shape index (κ1) is 15.0. The topological polar surface area (TPSA) is 35.6 Å². The van der Waals surface area contributed by atoms with E-state index in [-0.39, 0.29) is 11.9 Å². The Morgan fingerprint density at radius 2 is 1.90 bits per heavy atom. The van der Waals surface area contributed by atoms with Gasteiger partial charge in [0.15, 0.2) is 0 Å². The molecule has 1 heterocycles. The minimum atomic E-state index is -0.0272. The van der Waals surface area contributed by atoms with Gasteiger partial charge >= 0.3 is 0 Å². The minimum Gasteiger partial charge on any atom is -0.358 e. The molecule has 0 spiro atoms. The van der Waals surface area contributed by atoms with E-state index in [0.29, 0.717) is 0 Å². The summed E-state index contributed by atoms with van der Waals surface area (Å²) in [7, 11) is 1.70. The van der Waals surface area contributed by atoms with Crippen LogP contribution in [0.5, 0.6) is 0 Å². The van der Waals surface area contributed by atoms with Gasteiger partial charge in [0.2, 0.25) is 5.91 Å². The fraction of sp³-hybridized carbons (Fsp3) is 0.562. The van der Waals surface area contributed by atoms with Crippen molar-refractivity contribution < 1.29 is 4.79 Å². The molecule has 0 saturated carbocycles. The van der Waals surface area contributed by atoms with Crippen LogP contribution in [0.25, 0.3) is 0 Å². The molecule has 110 valence electrons. The molecule has 1 fully saturated rings. The highest BCUT2D eigenvalue weighted by atomic mass is 16.2. The highest BCUT2D eigenvalue weighted by Crippen LogP contribution is 2.13. The summed E-state index contributed by atoms with van der Waals surface area (Å²) in [6.07, 6.45) is 0. The van der Waals surface area contributed by atoms with E-state index in [1.807, 2.05) is 6.92 Å². The number of carbonyl (C=O) groups excluding carboxylic acids is 1. The number of aryl methyl sites for hydroxylation is 1. The summed E-state index contributed by atoms with van der Waals surface area (Å²) in [5.41, 5.74) is 2.76. The van der Waals surface area contributed by atoms with Gasteiger partial charge in [0.05, 0.1) is 6.04 Å². The monoisotopic (exact) mass is 275 g/mol. The predicted octanol–water partition coefficient (Wildman–Crippen LogP) is 1.25. The minimum absolute atomic E-state index is 0.0272. The second-order valence-electron chi connectivity index (χ2n) is 5.53. The van der Waals surface area contributed by atoms with E-state index in [2.05, 4.69) is 46.3 Å². The van der Waals surface area contributed by atoms with Crippen molar-refractivity contribution in [2.75, 3.05) is 33.2 Å². The number of hydrogen-bond acceptors (Lipinski definition) is 3. The Bertz CT molecular complexity index is 453. The maximum atomic E-state index is 11.7. The molecule has 0 unspecified atom stereocenters. The zero-order valence-corrected chi connectivity index (χ0v) is 12.7. The van der Waals surface area contributed by atoms with Gasteiger partial charge in [0.1, 0.15) is 0 Å². The molecule has 20 heavy (non-hydrogen) atoms. The molecule has 4 heteroatoms. The highest BCUT2D eigenvalue weighted by molar-refractivity contribution is 5.80. The Hall–Kier alpha value is -1.39. The summed E-state index contributed by atoms with van der Waals surface area (Å²) in [6, 6.07) is 8.53. The van der Waals surface area contributed by atoms with Gasteiger partial charge in [-0.3, -0.25) is 14.6 Å². The van der Waals surface area contributed by atoms with Gasteiger partial charge in [-0.25, -0.2) is 0 Å². The number of nitrogens with one attached hydrogen (secondary N) is 1. The van der Waals surface area contributed by atoms with Crippen molar-refractivity contribution in [2.24, 2.45) is 0 Å². The number of hydrogen-bond donors (Lipinski definition) is 1. The van der Waals surface area contributed by atoms with Crippen molar-refractivity contribution in [1.82, 2.24) is 15.1 Å². The first-order chi connectivity index (χ1) is 9.61. The molecule has 1 aliphatic rings. The van der Waals surface area contributed by atoms with E-state index in [4.69, 9.17) is 0 Å². The number of likely N-dealkylation sites (N-methyl/N-ethyl adjacent to an activating group) is 1. The smallest absolute Gasteiger partial charge is 0.236 e. The fourth-order valence-corrected chi connectivity index (χ4v) is 2.71. The Morgan fingerprint density at radius 1 is 1.25 bits per heavy atom. The third-order valence-corrected chi connectivity index (χ3v) is 4.24. The number of rotatable bonds is 4. The molecule has 1 aromatic carbocycles. The number of benzene rings is 1. The fourth-order valence-electron chi connectivity index (χ4n) is 2.71. The predicted molar refractivity (Wildman–Crippen MR) is 81.6 cm³/mol. The van der Waals surface area contributed by atoms with Crippen LogP contribution in [0.3, 0.4) is 0 Å². The summed E-state index contributed by atoms with van der Waals surface area (Å²) >= 11 is 0. The lowest BCUT2D eigenvalue weighted by Gasteiger charge is -2.37. The number of piperazine rings is 1. The van der Waals surface area contributed by atoms with Crippen molar-refractivity contribution in [3.05, 3.63) is 35.4 Å². The van der Waals surface area contributed by atoms with Crippen molar-refractivity contribution in [3.63, 3.8) is 0 Å². The highest BCUT2D eigenvalue weighted by Gasteiger charge is 2.24. The molecule has 4 nitrogen and oxygen atoms in total. The quantitative estimate of drug-likeness (QED) is 0.898. The molecule has 0 aliphatic carbocycles. The second-order valence-corrected chi connectivity index (χ2v) is 5.53. The Balaban J connectivity index is 1.86. The largest absolute Gasteiger partial charge is 0.358 e. The van der Waals surface area contributed by atoms with E-state index in [1.54, 1.807) is 7.05 Å². The van der Waals surface area contributed by atoms with Gasteiger partial charge in [-0.15, -0.1) is 0 Å². The van der Waals surface area contributed by atoms with Gasteiger partial charge in [0, 0.05) is 39.8 Å². The molecule has 0 radical (unpaired) electrons. The summed E-state index contributed by atoms with van der Waals surface area (Å²) in [5.74, 6) is 0.109. The van der Waals surface area contributed by atoms with Crippen LogP contribution in [0.15, 0.2) is 24.3 Å². The second kappa shape index (κ2) is 6.86. The van der Waals surface area contributed by atoms with E-state index in [9.17, 15) is 4.79 Å². The first-order valence-corrected chi connectivity index (χ1v) is 7.34. The molecular formula is C16H25N3O. The Kier molecular flexibility index (Phi) is 5.15. The Labute approximate surface area is 121 Å². The van der Waals surface area contributed by atoms with Gasteiger partial charge in [-0.05, 0) is 25.0 Å². The summed E-state index contributed by atoms with van der Waals surface area (Å²) in [6.45, 7) is 9.12. The number of amides is 1. The van der Waals surface area contributed by atoms with E-state index in [1.165, 1.54) is 11.1 Å². The standard InChI is InChI=1S/C16H25N3O/c1-13-6-4-5-7-15(13)12-18-8-10-19(11-9-18)14(2)16(20)17-3/h4-7,14H,8-12H2,1-3H3,(H,17,20)/t14-/m0/s1. The molecule has 1 saturated heterocycles. The summed E-state index contributed by atoms with van der Waals surface area (Å²) < 4.78 is 0. The molecule has 1 amide bonds. The zero-order chi connectivity index (χ0) is 14.5. The average molecular weight is 275 g/mol. The van der Waals surface area contributed by atoms with Gasteiger partial charge in [-0.2, -0.15) is 0 Å². The maximum absolute atomic E-state index is 11.7. The molecule has 0 aromatic heterocycles. The van der Waals surface area contributed by atoms with E-state index >= 15 is 0 Å². The third-order valence-electron chi connectivity index (χ3n) is 4.24. The van der Waals surface area contributed by atoms with Crippen molar-refractivity contribution in [1.29, 1.82) is 0 Å². The van der Waals surface area contributed by atoms with Crippen LogP contribution in [0.1, 0.15) is 18.1 Å². The van der Waals surface area contributed by atoms with Crippen LogP contribution in [-0.2, 0) is 11.3 Å². The van der Waals surface area contributed by atoms with Gasteiger partial charge in [0.25, 0.3) is 0 Å². The maximum Gasteiger partial charge on any atom is 0.236 e. The third kappa shape index (κ3) is 3.58. The molecule has 1 N–H and O–H groups in total. The molecule has 1 aliphatic heterocycles. The Morgan fingerprint density at radius 3 is 2.50 bits per heavy atom. The molecule has 0 bridgehead atoms. The normalized spacial score (nSPS) is 18.8. The first-order valence-electron chi connectivity index (χ1n) is 7.34. The van der Waals surface area contributed by atoms with Crippen LogP contribution in [-0.4, -0.2) is 55.0 Å². The van der Waals surface area contributed by atoms with Crippen LogP contribution >= 0.6 is 0 Å². The van der Waals surface area contributed by atoms with Crippen molar-refractivity contribution >= 4 is 5.91 Å². The lowest BCUT2D eigenvalue weighted by Crippen LogP contribution is -2.53. The van der Waals surface area contributed by atoms with Gasteiger partial charge < -0.3 is 5.32 Å². The molecule has 1 aromatic rings. The lowest BCUT2D eigenvalue weighted by molar-refractivity contribution is -0.126. The van der Waals surface area contributed by atoms with Crippen molar-refractivity contribution in [2.45, 2.75) is 26.4 Å². The van der Waals surface area contributed by atoms with Gasteiger partial charge in [-0.1, -0.05) is 24.3 Å². The zero-order valence-electron chi connectivity index (χ0n) is 12.7. The SMILES string of the molecule is CNC(=O)[C@H](C)N1CCN(Cc2ccccc2C)CC1. The van der Waals surface area contributed by atoms with Crippen LogP contribution < -0.4 is 5.32 Å². The summed E-state index contributed by atoms with van der Waals surface area (Å²) in [4.78, 5) is 16.4. The molecule has 1 atom stereocenters. The lowest BCUT2D eigenvalue weighted by atomic mass is 10.1. The van der Waals surface area contributed by atoms with Crippen LogP contribution in [0.2, 0.25) is 0 Å². The van der Waals surface area contributed by atoms with Crippen LogP contribution in [0.4, 0.5) is 0 Å². The number of carbonyl (C=O) groups is 1. The van der Waals surface area contributed by atoms with E-state index in [0.717, 1.165) is 32.7 Å². The summed E-state index contributed by atoms with van der Waals surface area (Å²) in [5, 5.41) is 2.73. The average Bonchev–Trinajstić information content (AvgIpc) is 2.49. The van der Waals surface area contributed by atoms with Crippen LogP contribution in [0, 0.1) is 6.92 Å². The molecular weight excluding hydrogens is 250 g/mol.